The van der Waals surface area contributed by atoms with Gasteiger partial charge in [0.1, 0.15) is 18.0 Å². The van der Waals surface area contributed by atoms with Crippen LogP contribution in [0.2, 0.25) is 0 Å². The van der Waals surface area contributed by atoms with E-state index in [1.807, 2.05) is 42.5 Å². The van der Waals surface area contributed by atoms with E-state index in [4.69, 9.17) is 4.74 Å². The predicted molar refractivity (Wildman–Crippen MR) is 112 cm³/mol. The molecule has 0 bridgehead atoms. The molecule has 0 saturated carbocycles. The van der Waals surface area contributed by atoms with Gasteiger partial charge in [0.2, 0.25) is 5.91 Å². The van der Waals surface area contributed by atoms with Crippen LogP contribution in [0.25, 0.3) is 0 Å². The average molecular weight is 427 g/mol. The molecule has 4 rings (SSSR count). The number of rotatable bonds is 5. The molecule has 2 aromatic heterocycles. The third kappa shape index (κ3) is 4.57. The zero-order chi connectivity index (χ0) is 20.1. The molecule has 1 unspecified atom stereocenters. The third-order valence-corrected chi connectivity index (χ3v) is 6.38. The molecule has 2 atom stereocenters. The van der Waals surface area contributed by atoms with E-state index in [0.717, 1.165) is 11.1 Å². The molecule has 0 radical (unpaired) electrons. The van der Waals surface area contributed by atoms with Crippen molar-refractivity contribution in [2.24, 2.45) is 0 Å². The maximum Gasteiger partial charge on any atom is 0.412 e. The van der Waals surface area contributed by atoms with Crippen molar-refractivity contribution in [3.05, 3.63) is 77.6 Å². The summed E-state index contributed by atoms with van der Waals surface area (Å²) in [6.07, 6.45) is 4.44. The summed E-state index contributed by atoms with van der Waals surface area (Å²) in [5, 5.41) is 4.75. The second-order valence-corrected chi connectivity index (χ2v) is 8.26. The number of thioether (sulfide) groups is 1. The number of anilines is 1. The van der Waals surface area contributed by atoms with Crippen LogP contribution in [0.1, 0.15) is 16.5 Å². The molecule has 1 N–H and O–H groups in total. The number of hydrogen-bond donors (Lipinski definition) is 1. The first-order chi connectivity index (χ1) is 14.2. The molecule has 29 heavy (non-hydrogen) atoms. The topological polar surface area (TPSA) is 84.4 Å². The van der Waals surface area contributed by atoms with Gasteiger partial charge in [-0.3, -0.25) is 14.7 Å². The van der Waals surface area contributed by atoms with Crippen LogP contribution in [0.3, 0.4) is 0 Å². The lowest BCUT2D eigenvalue weighted by Crippen LogP contribution is -2.45. The van der Waals surface area contributed by atoms with Crippen molar-refractivity contribution in [2.75, 3.05) is 11.1 Å². The molecule has 1 aliphatic rings. The van der Waals surface area contributed by atoms with E-state index >= 15 is 0 Å². The average Bonchev–Trinajstić information content (AvgIpc) is 3.43. The Morgan fingerprint density at radius 3 is 2.66 bits per heavy atom. The number of ether oxygens (including phenoxy) is 1. The van der Waals surface area contributed by atoms with Gasteiger partial charge < -0.3 is 10.1 Å². The van der Waals surface area contributed by atoms with Gasteiger partial charge in [0, 0.05) is 29.7 Å². The van der Waals surface area contributed by atoms with Crippen LogP contribution in [-0.2, 0) is 16.1 Å². The molecular formula is C20H18N4O3S2. The van der Waals surface area contributed by atoms with Gasteiger partial charge in [-0.15, -0.1) is 23.1 Å². The van der Waals surface area contributed by atoms with Crippen LogP contribution >= 0.6 is 23.1 Å². The first-order valence-electron chi connectivity index (χ1n) is 8.93. The SMILES string of the molecule is O=C(Nc1nccs1)[C@@H]1CSC(c2ccncc2)N1C(=O)OCc1ccccc1. The second kappa shape index (κ2) is 9.06. The van der Waals surface area contributed by atoms with Crippen LogP contribution in [0.5, 0.6) is 0 Å². The number of carbonyl (C=O) groups is 2. The first-order valence-corrected chi connectivity index (χ1v) is 10.9. The molecule has 1 aromatic carbocycles. The predicted octanol–water partition coefficient (Wildman–Crippen LogP) is 3.93. The minimum Gasteiger partial charge on any atom is -0.444 e. The number of nitrogens with one attached hydrogen (secondary N) is 1. The van der Waals surface area contributed by atoms with Gasteiger partial charge in [-0.1, -0.05) is 30.3 Å². The molecule has 1 aliphatic heterocycles. The fourth-order valence-electron chi connectivity index (χ4n) is 2.98. The van der Waals surface area contributed by atoms with Crippen LogP contribution < -0.4 is 5.32 Å². The number of thiazole rings is 1. The lowest BCUT2D eigenvalue weighted by atomic mass is 10.2. The van der Waals surface area contributed by atoms with E-state index in [2.05, 4.69) is 15.3 Å². The van der Waals surface area contributed by atoms with E-state index in [0.29, 0.717) is 10.9 Å². The van der Waals surface area contributed by atoms with E-state index < -0.39 is 12.1 Å². The van der Waals surface area contributed by atoms with E-state index in [9.17, 15) is 9.59 Å². The number of aromatic nitrogens is 2. The summed E-state index contributed by atoms with van der Waals surface area (Å²) in [5.41, 5.74) is 1.78. The van der Waals surface area contributed by atoms with Gasteiger partial charge in [0.05, 0.1) is 0 Å². The number of carbonyl (C=O) groups excluding carboxylic acids is 2. The molecular weight excluding hydrogens is 408 g/mol. The molecule has 0 aliphatic carbocycles. The van der Waals surface area contributed by atoms with Crippen molar-refractivity contribution >= 4 is 40.2 Å². The van der Waals surface area contributed by atoms with Crippen molar-refractivity contribution in [3.63, 3.8) is 0 Å². The number of amides is 2. The summed E-state index contributed by atoms with van der Waals surface area (Å²) in [6.45, 7) is 0.144. The third-order valence-electron chi connectivity index (χ3n) is 4.37. The first kappa shape index (κ1) is 19.4. The summed E-state index contributed by atoms with van der Waals surface area (Å²) >= 11 is 2.85. The Morgan fingerprint density at radius 1 is 1.14 bits per heavy atom. The monoisotopic (exact) mass is 426 g/mol. The Kier molecular flexibility index (Phi) is 6.06. The highest BCUT2D eigenvalue weighted by molar-refractivity contribution is 7.99. The summed E-state index contributed by atoms with van der Waals surface area (Å²) in [7, 11) is 0. The summed E-state index contributed by atoms with van der Waals surface area (Å²) < 4.78 is 5.54. The zero-order valence-corrected chi connectivity index (χ0v) is 16.9. The molecule has 3 aromatic rings. The van der Waals surface area contributed by atoms with Crippen molar-refractivity contribution in [3.8, 4) is 0 Å². The quantitative estimate of drug-likeness (QED) is 0.665. The van der Waals surface area contributed by atoms with Crippen LogP contribution in [0.15, 0.2) is 66.4 Å². The lowest BCUT2D eigenvalue weighted by molar-refractivity contribution is -0.120. The van der Waals surface area contributed by atoms with Crippen molar-refractivity contribution in [2.45, 2.75) is 18.0 Å². The molecule has 7 nitrogen and oxygen atoms in total. The maximum absolute atomic E-state index is 13.0. The highest BCUT2D eigenvalue weighted by Crippen LogP contribution is 2.42. The minimum absolute atomic E-state index is 0.144. The van der Waals surface area contributed by atoms with Gasteiger partial charge in [0.15, 0.2) is 5.13 Å². The Morgan fingerprint density at radius 2 is 1.93 bits per heavy atom. The van der Waals surface area contributed by atoms with Gasteiger partial charge in [-0.25, -0.2) is 9.78 Å². The summed E-state index contributed by atoms with van der Waals surface area (Å²) in [4.78, 5) is 35.5. The standard InChI is InChI=1S/C20H18N4O3S2/c25-17(23-19-22-10-11-28-19)16-13-29-18(15-6-8-21-9-7-15)24(16)20(26)27-12-14-4-2-1-3-5-14/h1-11,16,18H,12-13H2,(H,22,23,25)/t16-,18?/m0/s1. The fourth-order valence-corrected chi connectivity index (χ4v) is 4.94. The maximum atomic E-state index is 13.0. The largest absolute Gasteiger partial charge is 0.444 e. The highest BCUT2D eigenvalue weighted by Gasteiger charge is 2.43. The molecule has 9 heteroatoms. The number of nitrogens with zero attached hydrogens (tertiary/aromatic N) is 3. The van der Waals surface area contributed by atoms with Crippen molar-refractivity contribution in [1.29, 1.82) is 0 Å². The highest BCUT2D eigenvalue weighted by atomic mass is 32.2. The number of hydrogen-bond acceptors (Lipinski definition) is 7. The molecule has 1 saturated heterocycles. The molecule has 2 amide bonds. The van der Waals surface area contributed by atoms with Crippen molar-refractivity contribution in [1.82, 2.24) is 14.9 Å². The normalized spacial score (nSPS) is 18.4. The van der Waals surface area contributed by atoms with Gasteiger partial charge in [0.25, 0.3) is 0 Å². The molecule has 148 valence electrons. The smallest absolute Gasteiger partial charge is 0.412 e. The summed E-state index contributed by atoms with van der Waals surface area (Å²) in [6, 6.07) is 12.5. The number of benzene rings is 1. The molecule has 1 fully saturated rings. The fraction of sp³-hybridized carbons (Fsp3) is 0.200. The van der Waals surface area contributed by atoms with E-state index in [-0.39, 0.29) is 17.9 Å². The van der Waals surface area contributed by atoms with Gasteiger partial charge in [-0.05, 0) is 23.3 Å². The van der Waals surface area contributed by atoms with E-state index in [1.54, 1.807) is 24.0 Å². The number of pyridine rings is 1. The Hall–Kier alpha value is -2.91. The van der Waals surface area contributed by atoms with Crippen LogP contribution in [-0.4, -0.2) is 38.7 Å². The van der Waals surface area contributed by atoms with Gasteiger partial charge >= 0.3 is 6.09 Å². The van der Waals surface area contributed by atoms with Crippen molar-refractivity contribution < 1.29 is 14.3 Å². The minimum atomic E-state index is -0.662. The van der Waals surface area contributed by atoms with Crippen LogP contribution in [0, 0.1) is 0 Å². The molecule has 3 heterocycles. The second-order valence-electron chi connectivity index (χ2n) is 6.26. The Labute approximate surface area is 176 Å². The lowest BCUT2D eigenvalue weighted by Gasteiger charge is -2.28. The van der Waals surface area contributed by atoms with Crippen LogP contribution in [0.4, 0.5) is 9.93 Å². The molecule has 0 spiro atoms. The Bertz CT molecular complexity index is 954. The summed E-state index contributed by atoms with van der Waals surface area (Å²) in [5.74, 6) is 0.186. The Balaban J connectivity index is 1.53. The zero-order valence-electron chi connectivity index (χ0n) is 15.3. The van der Waals surface area contributed by atoms with Gasteiger partial charge in [-0.2, -0.15) is 0 Å². The van der Waals surface area contributed by atoms with E-state index in [1.165, 1.54) is 28.0 Å².